The zero-order chi connectivity index (χ0) is 13.3. The van der Waals surface area contributed by atoms with Crippen molar-refractivity contribution in [2.45, 2.75) is 38.6 Å². The fourth-order valence-corrected chi connectivity index (χ4v) is 2.28. The smallest absolute Gasteiger partial charge is 0.223 e. The summed E-state index contributed by atoms with van der Waals surface area (Å²) in [5.74, 6) is 0.669. The van der Waals surface area contributed by atoms with Crippen LogP contribution in [0.3, 0.4) is 0 Å². The maximum Gasteiger partial charge on any atom is 0.223 e. The highest BCUT2D eigenvalue weighted by Gasteiger charge is 2.44. The van der Waals surface area contributed by atoms with Crippen LogP contribution in [0, 0.1) is 12.8 Å². The topological polar surface area (TPSA) is 55.1 Å². The van der Waals surface area contributed by atoms with Crippen LogP contribution < -0.4 is 11.1 Å². The minimum Gasteiger partial charge on any atom is -0.354 e. The summed E-state index contributed by atoms with van der Waals surface area (Å²) >= 11 is 0. The van der Waals surface area contributed by atoms with Crippen molar-refractivity contribution >= 4 is 18.3 Å². The van der Waals surface area contributed by atoms with Crippen LogP contribution in [0.5, 0.6) is 0 Å². The van der Waals surface area contributed by atoms with Crippen molar-refractivity contribution in [2.24, 2.45) is 11.7 Å². The highest BCUT2D eigenvalue weighted by atomic mass is 35.5. The van der Waals surface area contributed by atoms with E-state index in [9.17, 15) is 4.79 Å². The average molecular weight is 283 g/mol. The van der Waals surface area contributed by atoms with E-state index in [0.29, 0.717) is 12.5 Å². The Morgan fingerprint density at radius 1 is 1.42 bits per heavy atom. The van der Waals surface area contributed by atoms with Gasteiger partial charge < -0.3 is 11.1 Å². The normalized spacial score (nSPS) is 21.5. The highest BCUT2D eigenvalue weighted by molar-refractivity contribution is 5.85. The number of carbonyl (C=O) groups is 1. The Hall–Kier alpha value is -1.06. The van der Waals surface area contributed by atoms with Crippen LogP contribution in [0.25, 0.3) is 0 Å². The second-order valence-corrected chi connectivity index (χ2v) is 6.01. The first-order chi connectivity index (χ1) is 8.38. The Morgan fingerprint density at radius 2 is 2.05 bits per heavy atom. The molecule has 106 valence electrons. The molecule has 1 saturated carbocycles. The summed E-state index contributed by atoms with van der Waals surface area (Å²) in [4.78, 5) is 12.0. The molecule has 1 aromatic rings. The van der Waals surface area contributed by atoms with Crippen molar-refractivity contribution in [1.29, 1.82) is 0 Å². The van der Waals surface area contributed by atoms with Crippen LogP contribution in [0.4, 0.5) is 0 Å². The maximum absolute atomic E-state index is 12.0. The lowest BCUT2D eigenvalue weighted by atomic mass is 10.0. The van der Waals surface area contributed by atoms with E-state index in [1.54, 1.807) is 0 Å². The van der Waals surface area contributed by atoms with Gasteiger partial charge in [-0.05, 0) is 44.2 Å². The lowest BCUT2D eigenvalue weighted by molar-refractivity contribution is -0.122. The van der Waals surface area contributed by atoms with Crippen molar-refractivity contribution in [1.82, 2.24) is 5.32 Å². The third-order valence-corrected chi connectivity index (χ3v) is 3.43. The van der Waals surface area contributed by atoms with Gasteiger partial charge in [0.25, 0.3) is 0 Å². The van der Waals surface area contributed by atoms with E-state index in [-0.39, 0.29) is 29.8 Å². The SMILES string of the molecule is Cc1ccccc1C1CC1C(=O)NCC(C)(C)N.Cl. The fraction of sp³-hybridized carbons (Fsp3) is 0.533. The van der Waals surface area contributed by atoms with Crippen molar-refractivity contribution in [3.8, 4) is 0 Å². The summed E-state index contributed by atoms with van der Waals surface area (Å²) in [6, 6.07) is 8.30. The Morgan fingerprint density at radius 3 is 2.63 bits per heavy atom. The van der Waals surface area contributed by atoms with Crippen LogP contribution in [-0.2, 0) is 4.79 Å². The molecule has 19 heavy (non-hydrogen) atoms. The second kappa shape index (κ2) is 5.93. The van der Waals surface area contributed by atoms with Crippen LogP contribution in [0.2, 0.25) is 0 Å². The molecule has 0 aliphatic heterocycles. The molecule has 4 heteroatoms. The van der Waals surface area contributed by atoms with E-state index >= 15 is 0 Å². The number of halogens is 1. The lowest BCUT2D eigenvalue weighted by Gasteiger charge is -2.18. The van der Waals surface area contributed by atoms with Gasteiger partial charge in [0.1, 0.15) is 0 Å². The first kappa shape index (κ1) is 16.0. The monoisotopic (exact) mass is 282 g/mol. The van der Waals surface area contributed by atoms with E-state index in [1.165, 1.54) is 11.1 Å². The molecule has 0 saturated heterocycles. The molecule has 0 spiro atoms. The van der Waals surface area contributed by atoms with Crippen molar-refractivity contribution in [2.75, 3.05) is 6.54 Å². The third kappa shape index (κ3) is 4.22. The van der Waals surface area contributed by atoms with Crippen molar-refractivity contribution in [3.05, 3.63) is 35.4 Å². The predicted molar refractivity (Wildman–Crippen MR) is 80.6 cm³/mol. The number of hydrogen-bond donors (Lipinski definition) is 2. The van der Waals surface area contributed by atoms with E-state index < -0.39 is 0 Å². The van der Waals surface area contributed by atoms with Gasteiger partial charge in [-0.25, -0.2) is 0 Å². The van der Waals surface area contributed by atoms with Crippen LogP contribution in [-0.4, -0.2) is 18.0 Å². The number of hydrogen-bond acceptors (Lipinski definition) is 2. The van der Waals surface area contributed by atoms with Gasteiger partial charge in [-0.3, -0.25) is 4.79 Å². The van der Waals surface area contributed by atoms with E-state index in [0.717, 1.165) is 6.42 Å². The molecule has 3 nitrogen and oxygen atoms in total. The van der Waals surface area contributed by atoms with Crippen molar-refractivity contribution < 1.29 is 4.79 Å². The van der Waals surface area contributed by atoms with E-state index in [4.69, 9.17) is 5.73 Å². The minimum atomic E-state index is -0.345. The summed E-state index contributed by atoms with van der Waals surface area (Å²) < 4.78 is 0. The van der Waals surface area contributed by atoms with Gasteiger partial charge in [-0.1, -0.05) is 24.3 Å². The van der Waals surface area contributed by atoms with E-state index in [2.05, 4.69) is 24.4 Å². The minimum absolute atomic E-state index is 0. The summed E-state index contributed by atoms with van der Waals surface area (Å²) in [5, 5.41) is 2.94. The molecule has 1 aromatic carbocycles. The Balaban J connectivity index is 0.00000180. The number of nitrogens with two attached hydrogens (primary N) is 1. The zero-order valence-corrected chi connectivity index (χ0v) is 12.6. The molecule has 1 amide bonds. The molecule has 0 radical (unpaired) electrons. The molecule has 1 aliphatic carbocycles. The molecule has 2 rings (SSSR count). The van der Waals surface area contributed by atoms with Crippen LogP contribution >= 0.6 is 12.4 Å². The quantitative estimate of drug-likeness (QED) is 0.891. The van der Waals surface area contributed by atoms with Gasteiger partial charge in [-0.15, -0.1) is 12.4 Å². The number of carbonyl (C=O) groups excluding carboxylic acids is 1. The fourth-order valence-electron chi connectivity index (χ4n) is 2.28. The lowest BCUT2D eigenvalue weighted by Crippen LogP contribution is -2.45. The molecule has 2 atom stereocenters. The van der Waals surface area contributed by atoms with Gasteiger partial charge in [0, 0.05) is 18.0 Å². The number of aryl methyl sites for hydroxylation is 1. The van der Waals surface area contributed by atoms with Crippen molar-refractivity contribution in [3.63, 3.8) is 0 Å². The first-order valence-corrected chi connectivity index (χ1v) is 6.50. The number of rotatable bonds is 4. The zero-order valence-electron chi connectivity index (χ0n) is 11.8. The van der Waals surface area contributed by atoms with Crippen LogP contribution in [0.15, 0.2) is 24.3 Å². The molecule has 0 heterocycles. The predicted octanol–water partition coefficient (Wildman–Crippen LogP) is 2.37. The standard InChI is InChI=1S/C15H22N2O.ClH/c1-10-6-4-5-7-11(10)12-8-13(12)14(18)17-9-15(2,3)16;/h4-7,12-13H,8-9,16H2,1-3H3,(H,17,18);1H. The molecule has 2 unspecified atom stereocenters. The van der Waals surface area contributed by atoms with Crippen LogP contribution in [0.1, 0.15) is 37.3 Å². The largest absolute Gasteiger partial charge is 0.354 e. The van der Waals surface area contributed by atoms with E-state index in [1.807, 2.05) is 26.0 Å². The third-order valence-electron chi connectivity index (χ3n) is 3.43. The number of benzene rings is 1. The molecular formula is C15H23ClN2O. The molecule has 1 aliphatic rings. The Labute approximate surface area is 121 Å². The summed E-state index contributed by atoms with van der Waals surface area (Å²) in [6.07, 6.45) is 0.960. The molecule has 3 N–H and O–H groups in total. The number of amides is 1. The molecular weight excluding hydrogens is 260 g/mol. The summed E-state index contributed by atoms with van der Waals surface area (Å²) in [7, 11) is 0. The Bertz CT molecular complexity index is 454. The average Bonchev–Trinajstić information content (AvgIpc) is 3.05. The molecule has 0 bridgehead atoms. The van der Waals surface area contributed by atoms with Gasteiger partial charge >= 0.3 is 0 Å². The maximum atomic E-state index is 12.0. The summed E-state index contributed by atoms with van der Waals surface area (Å²) in [6.45, 7) is 6.46. The molecule has 0 aromatic heterocycles. The van der Waals surface area contributed by atoms with Gasteiger partial charge in [-0.2, -0.15) is 0 Å². The van der Waals surface area contributed by atoms with Gasteiger partial charge in [0.05, 0.1) is 0 Å². The highest BCUT2D eigenvalue weighted by Crippen LogP contribution is 2.48. The summed E-state index contributed by atoms with van der Waals surface area (Å²) in [5.41, 5.74) is 8.10. The van der Waals surface area contributed by atoms with Gasteiger partial charge in [0.2, 0.25) is 5.91 Å². The first-order valence-electron chi connectivity index (χ1n) is 6.50. The Kier molecular flexibility index (Phi) is 4.99. The van der Waals surface area contributed by atoms with Gasteiger partial charge in [0.15, 0.2) is 0 Å². The second-order valence-electron chi connectivity index (χ2n) is 6.01. The molecule has 1 fully saturated rings. The number of nitrogens with one attached hydrogen (secondary N) is 1.